The molecule has 6 nitrogen and oxygen atoms in total. The SMILES string of the molecule is COc1cc(OC)cc(-c2nccc(C(=O)O)n2)c1. The fourth-order valence-corrected chi connectivity index (χ4v) is 1.55. The number of aromatic nitrogens is 2. The zero-order chi connectivity index (χ0) is 13.8. The molecule has 1 heterocycles. The normalized spacial score (nSPS) is 10.0. The molecule has 0 bridgehead atoms. The number of hydrogen-bond donors (Lipinski definition) is 1. The maximum absolute atomic E-state index is 10.9. The van der Waals surface area contributed by atoms with Crippen molar-refractivity contribution in [1.82, 2.24) is 9.97 Å². The van der Waals surface area contributed by atoms with E-state index in [2.05, 4.69) is 9.97 Å². The molecule has 0 aliphatic rings. The van der Waals surface area contributed by atoms with Crippen molar-refractivity contribution >= 4 is 5.97 Å². The van der Waals surface area contributed by atoms with E-state index in [-0.39, 0.29) is 5.69 Å². The third kappa shape index (κ3) is 2.79. The largest absolute Gasteiger partial charge is 0.497 e. The number of ether oxygens (including phenoxy) is 2. The molecule has 0 spiro atoms. The molecule has 0 saturated heterocycles. The number of nitrogens with zero attached hydrogens (tertiary/aromatic N) is 2. The van der Waals surface area contributed by atoms with Crippen molar-refractivity contribution in [3.8, 4) is 22.9 Å². The summed E-state index contributed by atoms with van der Waals surface area (Å²) < 4.78 is 10.3. The molecular formula is C13H12N2O4. The number of carboxylic acid groups (broad SMARTS) is 1. The van der Waals surface area contributed by atoms with E-state index >= 15 is 0 Å². The molecule has 0 saturated carbocycles. The molecule has 0 amide bonds. The third-order valence-corrected chi connectivity index (χ3v) is 2.48. The minimum atomic E-state index is -1.10. The summed E-state index contributed by atoms with van der Waals surface area (Å²) >= 11 is 0. The van der Waals surface area contributed by atoms with Gasteiger partial charge in [-0.15, -0.1) is 0 Å². The summed E-state index contributed by atoms with van der Waals surface area (Å²) in [5, 5.41) is 8.92. The smallest absolute Gasteiger partial charge is 0.354 e. The minimum Gasteiger partial charge on any atom is -0.497 e. The lowest BCUT2D eigenvalue weighted by molar-refractivity contribution is 0.0690. The van der Waals surface area contributed by atoms with Crippen LogP contribution in [0.5, 0.6) is 11.5 Å². The molecule has 0 aliphatic heterocycles. The van der Waals surface area contributed by atoms with E-state index in [1.807, 2.05) is 0 Å². The molecule has 0 aliphatic carbocycles. The highest BCUT2D eigenvalue weighted by molar-refractivity contribution is 5.85. The van der Waals surface area contributed by atoms with Gasteiger partial charge in [-0.1, -0.05) is 0 Å². The van der Waals surface area contributed by atoms with Crippen LogP contribution in [0.25, 0.3) is 11.4 Å². The molecule has 0 atom stereocenters. The van der Waals surface area contributed by atoms with Crippen LogP contribution in [-0.2, 0) is 0 Å². The Morgan fingerprint density at radius 3 is 2.32 bits per heavy atom. The molecule has 0 fully saturated rings. The van der Waals surface area contributed by atoms with Gasteiger partial charge in [-0.25, -0.2) is 14.8 Å². The van der Waals surface area contributed by atoms with Gasteiger partial charge >= 0.3 is 5.97 Å². The Morgan fingerprint density at radius 2 is 1.79 bits per heavy atom. The monoisotopic (exact) mass is 260 g/mol. The Labute approximate surface area is 109 Å². The Balaban J connectivity index is 2.51. The number of hydrogen-bond acceptors (Lipinski definition) is 5. The molecular weight excluding hydrogens is 248 g/mol. The van der Waals surface area contributed by atoms with E-state index < -0.39 is 5.97 Å². The van der Waals surface area contributed by atoms with E-state index in [1.165, 1.54) is 26.5 Å². The lowest BCUT2D eigenvalue weighted by Gasteiger charge is -2.07. The average molecular weight is 260 g/mol. The van der Waals surface area contributed by atoms with Crippen LogP contribution in [0.2, 0.25) is 0 Å². The number of carboxylic acids is 1. The van der Waals surface area contributed by atoms with Gasteiger partial charge < -0.3 is 14.6 Å². The number of benzene rings is 1. The maximum Gasteiger partial charge on any atom is 0.354 e. The van der Waals surface area contributed by atoms with Crippen LogP contribution < -0.4 is 9.47 Å². The maximum atomic E-state index is 10.9. The molecule has 1 aromatic carbocycles. The first kappa shape index (κ1) is 12.8. The van der Waals surface area contributed by atoms with Crippen LogP contribution in [-0.4, -0.2) is 35.3 Å². The highest BCUT2D eigenvalue weighted by atomic mass is 16.5. The fraction of sp³-hybridized carbons (Fsp3) is 0.154. The van der Waals surface area contributed by atoms with Gasteiger partial charge in [0.1, 0.15) is 11.5 Å². The Hall–Kier alpha value is -2.63. The third-order valence-electron chi connectivity index (χ3n) is 2.48. The van der Waals surface area contributed by atoms with Gasteiger partial charge in [-0.05, 0) is 18.2 Å². The predicted octanol–water partition coefficient (Wildman–Crippen LogP) is 1.86. The van der Waals surface area contributed by atoms with Crippen LogP contribution >= 0.6 is 0 Å². The van der Waals surface area contributed by atoms with Gasteiger partial charge in [-0.2, -0.15) is 0 Å². The first-order valence-electron chi connectivity index (χ1n) is 5.44. The number of carbonyl (C=O) groups is 1. The molecule has 1 aromatic heterocycles. The number of aromatic carboxylic acids is 1. The van der Waals surface area contributed by atoms with Crippen LogP contribution in [0.1, 0.15) is 10.5 Å². The Kier molecular flexibility index (Phi) is 3.61. The lowest BCUT2D eigenvalue weighted by atomic mass is 10.2. The topological polar surface area (TPSA) is 81.5 Å². The van der Waals surface area contributed by atoms with E-state index in [0.29, 0.717) is 22.9 Å². The van der Waals surface area contributed by atoms with Crippen molar-refractivity contribution in [2.45, 2.75) is 0 Å². The second kappa shape index (κ2) is 5.34. The van der Waals surface area contributed by atoms with Crippen LogP contribution in [0.4, 0.5) is 0 Å². The van der Waals surface area contributed by atoms with Crippen molar-refractivity contribution in [1.29, 1.82) is 0 Å². The van der Waals surface area contributed by atoms with Crippen molar-refractivity contribution in [2.75, 3.05) is 14.2 Å². The second-order valence-electron chi connectivity index (χ2n) is 3.67. The molecule has 19 heavy (non-hydrogen) atoms. The zero-order valence-corrected chi connectivity index (χ0v) is 10.5. The summed E-state index contributed by atoms with van der Waals surface area (Å²) in [6.07, 6.45) is 1.40. The number of rotatable bonds is 4. The van der Waals surface area contributed by atoms with Crippen molar-refractivity contribution in [3.63, 3.8) is 0 Å². The standard InChI is InChI=1S/C13H12N2O4/c1-18-9-5-8(6-10(7-9)19-2)12-14-4-3-11(15-12)13(16)17/h3-7H,1-2H3,(H,16,17). The van der Waals surface area contributed by atoms with Crippen LogP contribution in [0.15, 0.2) is 30.5 Å². The number of methoxy groups -OCH3 is 2. The van der Waals surface area contributed by atoms with Gasteiger partial charge in [0.15, 0.2) is 11.5 Å². The highest BCUT2D eigenvalue weighted by Crippen LogP contribution is 2.27. The predicted molar refractivity (Wildman–Crippen MR) is 67.5 cm³/mol. The highest BCUT2D eigenvalue weighted by Gasteiger charge is 2.10. The van der Waals surface area contributed by atoms with Gasteiger partial charge in [0, 0.05) is 17.8 Å². The second-order valence-corrected chi connectivity index (χ2v) is 3.67. The lowest BCUT2D eigenvalue weighted by Crippen LogP contribution is -2.02. The molecule has 6 heteroatoms. The van der Waals surface area contributed by atoms with E-state index in [0.717, 1.165) is 0 Å². The fourth-order valence-electron chi connectivity index (χ4n) is 1.55. The molecule has 1 N–H and O–H groups in total. The van der Waals surface area contributed by atoms with Crippen molar-refractivity contribution in [3.05, 3.63) is 36.2 Å². The van der Waals surface area contributed by atoms with E-state index in [1.54, 1.807) is 18.2 Å². The van der Waals surface area contributed by atoms with Crippen molar-refractivity contribution < 1.29 is 19.4 Å². The zero-order valence-electron chi connectivity index (χ0n) is 10.5. The van der Waals surface area contributed by atoms with Gasteiger partial charge in [-0.3, -0.25) is 0 Å². The Bertz CT molecular complexity index is 591. The quantitative estimate of drug-likeness (QED) is 0.903. The molecule has 0 unspecified atom stereocenters. The summed E-state index contributed by atoms with van der Waals surface area (Å²) in [5.74, 6) is 0.368. The molecule has 2 rings (SSSR count). The summed E-state index contributed by atoms with van der Waals surface area (Å²) in [6.45, 7) is 0. The van der Waals surface area contributed by atoms with Gasteiger partial charge in [0.25, 0.3) is 0 Å². The summed E-state index contributed by atoms with van der Waals surface area (Å²) in [5.41, 5.74) is 0.561. The van der Waals surface area contributed by atoms with Crippen molar-refractivity contribution in [2.24, 2.45) is 0 Å². The molecule has 98 valence electrons. The summed E-state index contributed by atoms with van der Waals surface area (Å²) in [4.78, 5) is 18.9. The van der Waals surface area contributed by atoms with Crippen LogP contribution in [0.3, 0.4) is 0 Å². The van der Waals surface area contributed by atoms with Crippen LogP contribution in [0, 0.1) is 0 Å². The molecule has 0 radical (unpaired) electrons. The first-order chi connectivity index (χ1) is 9.13. The summed E-state index contributed by atoms with van der Waals surface area (Å²) in [7, 11) is 3.07. The van der Waals surface area contributed by atoms with Gasteiger partial charge in [0.05, 0.1) is 14.2 Å². The molecule has 2 aromatic rings. The Morgan fingerprint density at radius 1 is 1.16 bits per heavy atom. The first-order valence-corrected chi connectivity index (χ1v) is 5.44. The average Bonchev–Trinajstić information content (AvgIpc) is 2.46. The minimum absolute atomic E-state index is 0.0632. The van der Waals surface area contributed by atoms with E-state index in [9.17, 15) is 4.79 Å². The van der Waals surface area contributed by atoms with E-state index in [4.69, 9.17) is 14.6 Å². The summed E-state index contributed by atoms with van der Waals surface area (Å²) in [6, 6.07) is 6.47. The van der Waals surface area contributed by atoms with Gasteiger partial charge in [0.2, 0.25) is 0 Å².